The Hall–Kier alpha value is -1.53. The van der Waals surface area contributed by atoms with Gasteiger partial charge in [0.1, 0.15) is 5.52 Å². The quantitative estimate of drug-likeness (QED) is 0.774. The molecule has 0 saturated carbocycles. The van der Waals surface area contributed by atoms with Crippen LogP contribution in [0.4, 0.5) is 0 Å². The van der Waals surface area contributed by atoms with Crippen LogP contribution < -0.4 is 0 Å². The number of fused-ring (bicyclic) bond motifs is 1. The third-order valence-corrected chi connectivity index (χ3v) is 2.04. The molecule has 1 N–H and O–H groups in total. The van der Waals surface area contributed by atoms with Crippen LogP contribution in [0.15, 0.2) is 12.5 Å². The maximum atomic E-state index is 5.41. The molecule has 0 aromatic carbocycles. The average Bonchev–Trinajstić information content (AvgIpc) is 2.75. The summed E-state index contributed by atoms with van der Waals surface area (Å²) in [6.45, 7) is 4.90. The first-order chi connectivity index (χ1) is 7.85. The van der Waals surface area contributed by atoms with Gasteiger partial charge in [-0.3, -0.25) is 0 Å². The van der Waals surface area contributed by atoms with Gasteiger partial charge in [-0.2, -0.15) is 0 Å². The van der Waals surface area contributed by atoms with Crippen molar-refractivity contribution in [1.82, 2.24) is 19.9 Å². The first-order valence-electron chi connectivity index (χ1n) is 5.24. The van der Waals surface area contributed by atoms with Gasteiger partial charge in [-0.05, 0) is 13.8 Å². The SMILES string of the molecule is CCOC(OCC)c1ncc2[nH]cnc2n1. The number of hydrogen-bond donors (Lipinski definition) is 1. The zero-order valence-electron chi connectivity index (χ0n) is 9.30. The van der Waals surface area contributed by atoms with Crippen molar-refractivity contribution >= 4 is 11.2 Å². The van der Waals surface area contributed by atoms with Gasteiger partial charge in [0.05, 0.1) is 12.5 Å². The predicted molar refractivity (Wildman–Crippen MR) is 57.7 cm³/mol. The predicted octanol–water partition coefficient (Wildman–Crippen LogP) is 1.42. The number of hydrogen-bond acceptors (Lipinski definition) is 5. The minimum Gasteiger partial charge on any atom is -0.346 e. The molecular formula is C10H14N4O2. The average molecular weight is 222 g/mol. The minimum absolute atomic E-state index is 0.503. The third-order valence-electron chi connectivity index (χ3n) is 2.04. The molecule has 6 nitrogen and oxygen atoms in total. The Labute approximate surface area is 93.0 Å². The fourth-order valence-corrected chi connectivity index (χ4v) is 1.36. The Morgan fingerprint density at radius 3 is 2.69 bits per heavy atom. The van der Waals surface area contributed by atoms with Crippen LogP contribution in [-0.2, 0) is 9.47 Å². The van der Waals surface area contributed by atoms with Crippen molar-refractivity contribution in [3.8, 4) is 0 Å². The van der Waals surface area contributed by atoms with Gasteiger partial charge in [-0.25, -0.2) is 15.0 Å². The van der Waals surface area contributed by atoms with E-state index in [1.807, 2.05) is 13.8 Å². The fourth-order valence-electron chi connectivity index (χ4n) is 1.36. The standard InChI is InChI=1S/C10H14N4O2/c1-3-15-10(16-4-2)9-11-5-7-8(14-9)13-6-12-7/h5-6,10H,3-4H2,1-2H3,(H,11,12,13,14). The van der Waals surface area contributed by atoms with Gasteiger partial charge in [0.15, 0.2) is 11.5 Å². The first-order valence-corrected chi connectivity index (χ1v) is 5.24. The summed E-state index contributed by atoms with van der Waals surface area (Å²) in [4.78, 5) is 15.4. The van der Waals surface area contributed by atoms with Gasteiger partial charge in [0, 0.05) is 13.2 Å². The van der Waals surface area contributed by atoms with E-state index in [9.17, 15) is 0 Å². The zero-order chi connectivity index (χ0) is 11.4. The van der Waals surface area contributed by atoms with Crippen LogP contribution in [0.2, 0.25) is 0 Å². The van der Waals surface area contributed by atoms with Crippen LogP contribution in [0.3, 0.4) is 0 Å². The molecular weight excluding hydrogens is 208 g/mol. The van der Waals surface area contributed by atoms with Crippen molar-refractivity contribution in [2.75, 3.05) is 13.2 Å². The van der Waals surface area contributed by atoms with Crippen LogP contribution in [0.25, 0.3) is 11.2 Å². The molecule has 0 fully saturated rings. The lowest BCUT2D eigenvalue weighted by molar-refractivity contribution is -0.145. The number of aromatic amines is 1. The molecule has 2 rings (SSSR count). The van der Waals surface area contributed by atoms with E-state index < -0.39 is 6.29 Å². The van der Waals surface area contributed by atoms with Crippen molar-refractivity contribution in [2.45, 2.75) is 20.1 Å². The second-order valence-electron chi connectivity index (χ2n) is 3.11. The molecule has 6 heteroatoms. The topological polar surface area (TPSA) is 72.9 Å². The van der Waals surface area contributed by atoms with Crippen molar-refractivity contribution < 1.29 is 9.47 Å². The molecule has 0 saturated heterocycles. The van der Waals surface area contributed by atoms with Gasteiger partial charge in [0.25, 0.3) is 0 Å². The number of imidazole rings is 1. The summed E-state index contributed by atoms with van der Waals surface area (Å²) in [7, 11) is 0. The largest absolute Gasteiger partial charge is 0.346 e. The molecule has 0 radical (unpaired) electrons. The molecule has 16 heavy (non-hydrogen) atoms. The lowest BCUT2D eigenvalue weighted by Gasteiger charge is -2.14. The third kappa shape index (κ3) is 2.17. The fraction of sp³-hybridized carbons (Fsp3) is 0.500. The molecule has 2 aromatic heterocycles. The van der Waals surface area contributed by atoms with Gasteiger partial charge < -0.3 is 14.5 Å². The van der Waals surface area contributed by atoms with E-state index in [1.54, 1.807) is 12.5 Å². The number of H-pyrrole nitrogens is 1. The summed E-state index contributed by atoms with van der Waals surface area (Å²) in [5, 5.41) is 0. The molecule has 0 atom stereocenters. The van der Waals surface area contributed by atoms with E-state index in [0.717, 1.165) is 5.52 Å². The van der Waals surface area contributed by atoms with Gasteiger partial charge in [-0.15, -0.1) is 0 Å². The Balaban J connectivity index is 2.28. The van der Waals surface area contributed by atoms with Crippen LogP contribution in [-0.4, -0.2) is 33.1 Å². The van der Waals surface area contributed by atoms with Gasteiger partial charge in [0.2, 0.25) is 6.29 Å². The molecule has 0 bridgehead atoms. The lowest BCUT2D eigenvalue weighted by atomic mass is 10.5. The highest BCUT2D eigenvalue weighted by Gasteiger charge is 2.15. The number of ether oxygens (including phenoxy) is 2. The number of nitrogens with one attached hydrogen (secondary N) is 1. The van der Waals surface area contributed by atoms with E-state index in [0.29, 0.717) is 24.7 Å². The molecule has 0 unspecified atom stereocenters. The smallest absolute Gasteiger partial charge is 0.219 e. The van der Waals surface area contributed by atoms with Crippen LogP contribution in [0.1, 0.15) is 26.0 Å². The van der Waals surface area contributed by atoms with Crippen molar-refractivity contribution in [3.05, 3.63) is 18.3 Å². The molecule has 0 aliphatic rings. The highest BCUT2D eigenvalue weighted by atomic mass is 16.7. The molecule has 86 valence electrons. The maximum Gasteiger partial charge on any atom is 0.219 e. The van der Waals surface area contributed by atoms with E-state index in [4.69, 9.17) is 9.47 Å². The Bertz CT molecular complexity index is 451. The normalized spacial score (nSPS) is 11.4. The lowest BCUT2D eigenvalue weighted by Crippen LogP contribution is -2.12. The van der Waals surface area contributed by atoms with Crippen molar-refractivity contribution in [1.29, 1.82) is 0 Å². The van der Waals surface area contributed by atoms with Crippen LogP contribution in [0.5, 0.6) is 0 Å². The summed E-state index contributed by atoms with van der Waals surface area (Å²) < 4.78 is 10.8. The van der Waals surface area contributed by atoms with Gasteiger partial charge in [-0.1, -0.05) is 0 Å². The van der Waals surface area contributed by atoms with E-state index >= 15 is 0 Å². The summed E-state index contributed by atoms with van der Waals surface area (Å²) in [6, 6.07) is 0. The van der Waals surface area contributed by atoms with Crippen LogP contribution >= 0.6 is 0 Å². The molecule has 0 spiro atoms. The Morgan fingerprint density at radius 1 is 1.25 bits per heavy atom. The van der Waals surface area contributed by atoms with Crippen molar-refractivity contribution in [3.63, 3.8) is 0 Å². The number of rotatable bonds is 5. The molecule has 0 amide bonds. The minimum atomic E-state index is -0.518. The monoisotopic (exact) mass is 222 g/mol. The van der Waals surface area contributed by atoms with E-state index in [-0.39, 0.29) is 0 Å². The number of aromatic nitrogens is 4. The Kier molecular flexibility index (Phi) is 3.43. The summed E-state index contributed by atoms with van der Waals surface area (Å²) >= 11 is 0. The van der Waals surface area contributed by atoms with E-state index in [2.05, 4.69) is 19.9 Å². The number of nitrogens with zero attached hydrogens (tertiary/aromatic N) is 3. The summed E-state index contributed by atoms with van der Waals surface area (Å²) in [6.07, 6.45) is 2.74. The molecule has 2 aromatic rings. The van der Waals surface area contributed by atoms with Gasteiger partial charge >= 0.3 is 0 Å². The Morgan fingerprint density at radius 2 is 2.00 bits per heavy atom. The van der Waals surface area contributed by atoms with E-state index in [1.165, 1.54) is 0 Å². The molecule has 2 heterocycles. The second kappa shape index (κ2) is 5.00. The second-order valence-corrected chi connectivity index (χ2v) is 3.11. The first kappa shape index (κ1) is 11.0. The highest BCUT2D eigenvalue weighted by Crippen LogP contribution is 2.16. The molecule has 0 aliphatic heterocycles. The van der Waals surface area contributed by atoms with Crippen molar-refractivity contribution in [2.24, 2.45) is 0 Å². The summed E-state index contributed by atoms with van der Waals surface area (Å²) in [5.74, 6) is 0.503. The zero-order valence-corrected chi connectivity index (χ0v) is 9.30. The van der Waals surface area contributed by atoms with Crippen LogP contribution in [0, 0.1) is 0 Å². The maximum absolute atomic E-state index is 5.41. The molecule has 0 aliphatic carbocycles. The summed E-state index contributed by atoms with van der Waals surface area (Å²) in [5.41, 5.74) is 1.42. The highest BCUT2D eigenvalue weighted by molar-refractivity contribution is 5.68.